The minimum Gasteiger partial charge on any atom is -0.478 e. The predicted octanol–water partition coefficient (Wildman–Crippen LogP) is 5.74. The van der Waals surface area contributed by atoms with Crippen molar-refractivity contribution in [3.05, 3.63) is 56.0 Å². The van der Waals surface area contributed by atoms with Crippen LogP contribution in [-0.2, 0) is 0 Å². The minimum absolute atomic E-state index is 0.103. The van der Waals surface area contributed by atoms with Crippen LogP contribution in [0.5, 0.6) is 0 Å². The van der Waals surface area contributed by atoms with Gasteiger partial charge in [-0.2, -0.15) is 0 Å². The van der Waals surface area contributed by atoms with Gasteiger partial charge >= 0.3 is 5.97 Å². The first-order valence-electron chi connectivity index (χ1n) is 5.34. The fourth-order valence-electron chi connectivity index (χ4n) is 1.59. The molecule has 0 radical (unpaired) electrons. The molecule has 0 bridgehead atoms. The van der Waals surface area contributed by atoms with Crippen LogP contribution < -0.4 is 5.32 Å². The molecule has 0 saturated carbocycles. The summed E-state index contributed by atoms with van der Waals surface area (Å²) in [6.07, 6.45) is 0. The molecule has 0 aromatic heterocycles. The minimum atomic E-state index is -1.06. The van der Waals surface area contributed by atoms with Gasteiger partial charge in [-0.05, 0) is 18.2 Å². The molecule has 104 valence electrons. The Morgan fingerprint density at radius 2 is 1.60 bits per heavy atom. The van der Waals surface area contributed by atoms with Crippen molar-refractivity contribution >= 4 is 63.7 Å². The Labute approximate surface area is 135 Å². The molecule has 0 aliphatic heterocycles. The van der Waals surface area contributed by atoms with E-state index in [-0.39, 0.29) is 25.7 Å². The molecule has 0 aliphatic carbocycles. The first kappa shape index (κ1) is 15.3. The van der Waals surface area contributed by atoms with E-state index in [4.69, 9.17) is 51.5 Å². The van der Waals surface area contributed by atoms with Gasteiger partial charge in [-0.15, -0.1) is 0 Å². The highest BCUT2D eigenvalue weighted by Gasteiger charge is 2.15. The zero-order chi connectivity index (χ0) is 14.9. The number of halogens is 4. The molecular formula is C13H7Cl4NO2. The third-order valence-electron chi connectivity index (χ3n) is 2.53. The number of anilines is 2. The average Bonchev–Trinajstić information content (AvgIpc) is 2.43. The van der Waals surface area contributed by atoms with Gasteiger partial charge in [-0.1, -0.05) is 58.5 Å². The van der Waals surface area contributed by atoms with Crippen molar-refractivity contribution in [1.82, 2.24) is 0 Å². The first-order valence-corrected chi connectivity index (χ1v) is 6.85. The molecule has 0 unspecified atom stereocenters. The second-order valence-corrected chi connectivity index (χ2v) is 5.36. The van der Waals surface area contributed by atoms with Crippen LogP contribution >= 0.6 is 46.4 Å². The number of carbonyl (C=O) groups is 1. The van der Waals surface area contributed by atoms with Crippen LogP contribution in [-0.4, -0.2) is 11.1 Å². The first-order chi connectivity index (χ1) is 9.41. The van der Waals surface area contributed by atoms with Crippen molar-refractivity contribution in [1.29, 1.82) is 0 Å². The molecule has 0 heterocycles. The maximum absolute atomic E-state index is 11.1. The summed E-state index contributed by atoms with van der Waals surface area (Å²) in [5, 5.41) is 12.7. The number of aromatic carboxylic acids is 1. The van der Waals surface area contributed by atoms with Crippen LogP contribution in [0.2, 0.25) is 20.1 Å². The summed E-state index contributed by atoms with van der Waals surface area (Å²) >= 11 is 23.8. The molecule has 0 aliphatic rings. The van der Waals surface area contributed by atoms with Crippen molar-refractivity contribution in [2.24, 2.45) is 0 Å². The van der Waals surface area contributed by atoms with Gasteiger partial charge in [-0.25, -0.2) is 4.79 Å². The molecule has 7 heteroatoms. The lowest BCUT2D eigenvalue weighted by molar-refractivity contribution is 0.0698. The van der Waals surface area contributed by atoms with E-state index >= 15 is 0 Å². The smallest absolute Gasteiger partial charge is 0.337 e. The molecule has 2 N–H and O–H groups in total. The molecule has 0 atom stereocenters. The molecule has 20 heavy (non-hydrogen) atoms. The Morgan fingerprint density at radius 3 is 2.25 bits per heavy atom. The molecule has 2 aromatic carbocycles. The van der Waals surface area contributed by atoms with Crippen molar-refractivity contribution < 1.29 is 9.90 Å². The van der Waals surface area contributed by atoms with Gasteiger partial charge in [0, 0.05) is 0 Å². The number of benzene rings is 2. The molecular weight excluding hydrogens is 344 g/mol. The van der Waals surface area contributed by atoms with Crippen molar-refractivity contribution in [3.8, 4) is 0 Å². The molecule has 0 amide bonds. The van der Waals surface area contributed by atoms with E-state index in [2.05, 4.69) is 5.32 Å². The summed E-state index contributed by atoms with van der Waals surface area (Å²) in [5.74, 6) is -1.06. The maximum Gasteiger partial charge on any atom is 0.337 e. The van der Waals surface area contributed by atoms with Gasteiger partial charge in [0.15, 0.2) is 0 Å². The fourth-order valence-corrected chi connectivity index (χ4v) is 2.44. The molecule has 0 saturated heterocycles. The zero-order valence-electron chi connectivity index (χ0n) is 9.75. The monoisotopic (exact) mass is 349 g/mol. The number of rotatable bonds is 3. The van der Waals surface area contributed by atoms with E-state index in [1.807, 2.05) is 0 Å². The standard InChI is InChI=1S/C13H7Cl4NO2/c14-7-5-9(11(16)12(17)10(7)15)18-8-4-2-1-3-6(8)13(19)20/h1-5,18H,(H,19,20). The number of carboxylic acid groups (broad SMARTS) is 1. The third kappa shape index (κ3) is 2.96. The Balaban J connectivity index is 2.49. The number of carboxylic acids is 1. The van der Waals surface area contributed by atoms with Crippen LogP contribution in [0, 0.1) is 0 Å². The van der Waals surface area contributed by atoms with Crippen molar-refractivity contribution in [3.63, 3.8) is 0 Å². The highest BCUT2D eigenvalue weighted by atomic mass is 35.5. The molecule has 3 nitrogen and oxygen atoms in total. The normalized spacial score (nSPS) is 10.4. The van der Waals surface area contributed by atoms with Gasteiger partial charge < -0.3 is 10.4 Å². The topological polar surface area (TPSA) is 49.3 Å². The zero-order valence-corrected chi connectivity index (χ0v) is 12.8. The summed E-state index contributed by atoms with van der Waals surface area (Å²) in [6.45, 7) is 0. The van der Waals surface area contributed by atoms with Crippen molar-refractivity contribution in [2.45, 2.75) is 0 Å². The second kappa shape index (κ2) is 6.10. The lowest BCUT2D eigenvalue weighted by Crippen LogP contribution is -2.02. The fraction of sp³-hybridized carbons (Fsp3) is 0. The van der Waals surface area contributed by atoms with Crippen LogP contribution in [0.25, 0.3) is 0 Å². The lowest BCUT2D eigenvalue weighted by atomic mass is 10.1. The van der Waals surface area contributed by atoms with Gasteiger partial charge in [0.2, 0.25) is 0 Å². The SMILES string of the molecule is O=C(O)c1ccccc1Nc1cc(Cl)c(Cl)c(Cl)c1Cl. The quantitative estimate of drug-likeness (QED) is 0.548. The van der Waals surface area contributed by atoms with E-state index in [9.17, 15) is 4.79 Å². The summed E-state index contributed by atoms with van der Waals surface area (Å²) in [5.41, 5.74) is 0.849. The highest BCUT2D eigenvalue weighted by molar-refractivity contribution is 6.52. The van der Waals surface area contributed by atoms with Crippen molar-refractivity contribution in [2.75, 3.05) is 5.32 Å². The third-order valence-corrected chi connectivity index (χ3v) is 4.28. The number of hydrogen-bond donors (Lipinski definition) is 2. The Bertz CT molecular complexity index is 688. The highest BCUT2D eigenvalue weighted by Crippen LogP contribution is 2.41. The molecule has 2 aromatic rings. The Kier molecular flexibility index (Phi) is 4.66. The molecule has 2 rings (SSSR count). The van der Waals surface area contributed by atoms with E-state index in [0.29, 0.717) is 11.4 Å². The van der Waals surface area contributed by atoms with E-state index in [1.165, 1.54) is 12.1 Å². The predicted molar refractivity (Wildman–Crippen MR) is 83.2 cm³/mol. The van der Waals surface area contributed by atoms with Gasteiger partial charge in [-0.3, -0.25) is 0 Å². The molecule has 0 fully saturated rings. The number of para-hydroxylation sites is 1. The maximum atomic E-state index is 11.1. The largest absolute Gasteiger partial charge is 0.478 e. The van der Waals surface area contributed by atoms with E-state index in [0.717, 1.165) is 0 Å². The van der Waals surface area contributed by atoms with Gasteiger partial charge in [0.05, 0.1) is 37.0 Å². The second-order valence-electron chi connectivity index (χ2n) is 3.82. The summed E-state index contributed by atoms with van der Waals surface area (Å²) < 4.78 is 0. The van der Waals surface area contributed by atoms with Gasteiger partial charge in [0.25, 0.3) is 0 Å². The van der Waals surface area contributed by atoms with Gasteiger partial charge in [0.1, 0.15) is 0 Å². The molecule has 0 spiro atoms. The lowest BCUT2D eigenvalue weighted by Gasteiger charge is -2.13. The van der Waals surface area contributed by atoms with Crippen LogP contribution in [0.1, 0.15) is 10.4 Å². The summed E-state index contributed by atoms with van der Waals surface area (Å²) in [7, 11) is 0. The summed E-state index contributed by atoms with van der Waals surface area (Å²) in [6, 6.07) is 7.88. The Hall–Kier alpha value is -1.13. The van der Waals surface area contributed by atoms with E-state index in [1.54, 1.807) is 18.2 Å². The van der Waals surface area contributed by atoms with Crippen LogP contribution in [0.4, 0.5) is 11.4 Å². The van der Waals surface area contributed by atoms with Crippen LogP contribution in [0.15, 0.2) is 30.3 Å². The van der Waals surface area contributed by atoms with Crippen LogP contribution in [0.3, 0.4) is 0 Å². The number of nitrogens with one attached hydrogen (secondary N) is 1. The van der Waals surface area contributed by atoms with E-state index < -0.39 is 5.97 Å². The summed E-state index contributed by atoms with van der Waals surface area (Å²) in [4.78, 5) is 11.1. The number of hydrogen-bond acceptors (Lipinski definition) is 2. The Morgan fingerprint density at radius 1 is 0.950 bits per heavy atom. The average molecular weight is 351 g/mol.